The lowest BCUT2D eigenvalue weighted by Crippen LogP contribution is -2.57. The molecule has 1 amide bonds. The van der Waals surface area contributed by atoms with Gasteiger partial charge in [0.05, 0.1) is 0 Å². The lowest BCUT2D eigenvalue weighted by atomic mass is 10.0. The highest BCUT2D eigenvalue weighted by Gasteiger charge is 2.28. The minimum atomic E-state index is 0.238. The van der Waals surface area contributed by atoms with E-state index in [2.05, 4.69) is 29.0 Å². The normalized spacial score (nSPS) is 22.9. The van der Waals surface area contributed by atoms with Crippen LogP contribution >= 0.6 is 0 Å². The van der Waals surface area contributed by atoms with Crippen molar-refractivity contribution in [3.8, 4) is 0 Å². The first-order valence-electron chi connectivity index (χ1n) is 7.49. The van der Waals surface area contributed by atoms with Crippen LogP contribution in [0, 0.1) is 5.92 Å². The maximum atomic E-state index is 12.4. The number of rotatable bonds is 4. The third kappa shape index (κ3) is 3.04. The molecule has 0 radical (unpaired) electrons. The van der Waals surface area contributed by atoms with Gasteiger partial charge in [-0.15, -0.1) is 0 Å². The zero-order chi connectivity index (χ0) is 13.0. The van der Waals surface area contributed by atoms with Gasteiger partial charge in [-0.2, -0.15) is 0 Å². The molecule has 4 nitrogen and oxygen atoms in total. The summed E-state index contributed by atoms with van der Waals surface area (Å²) < 4.78 is 0. The summed E-state index contributed by atoms with van der Waals surface area (Å²) in [5.74, 6) is 0.621. The number of hydrogen-bond acceptors (Lipinski definition) is 3. The number of nitrogens with zero attached hydrogens (tertiary/aromatic N) is 2. The zero-order valence-electron chi connectivity index (χ0n) is 11.8. The third-order valence-electron chi connectivity index (χ3n) is 4.45. The molecule has 4 heteroatoms. The first-order valence-corrected chi connectivity index (χ1v) is 7.49. The Morgan fingerprint density at radius 1 is 1.17 bits per heavy atom. The standard InChI is InChI=1S/C14H27N3O/c1-3-12(4-2)14(18)17-7-5-6-16(8-9-17)13-10-15-11-13/h12-13,15H,3-11H2,1-2H3. The largest absolute Gasteiger partial charge is 0.341 e. The van der Waals surface area contributed by atoms with E-state index in [-0.39, 0.29) is 5.92 Å². The molecule has 2 aliphatic rings. The van der Waals surface area contributed by atoms with E-state index in [1.165, 1.54) is 0 Å². The van der Waals surface area contributed by atoms with Crippen LogP contribution in [-0.4, -0.2) is 61.0 Å². The minimum absolute atomic E-state index is 0.238. The molecule has 0 aromatic rings. The van der Waals surface area contributed by atoms with E-state index < -0.39 is 0 Å². The molecule has 0 bridgehead atoms. The molecule has 0 saturated carbocycles. The monoisotopic (exact) mass is 253 g/mol. The third-order valence-corrected chi connectivity index (χ3v) is 4.45. The summed E-state index contributed by atoms with van der Waals surface area (Å²) in [7, 11) is 0. The first kappa shape index (κ1) is 13.8. The number of nitrogens with one attached hydrogen (secondary N) is 1. The Labute approximate surface area is 111 Å². The fourth-order valence-electron chi connectivity index (χ4n) is 2.95. The SMILES string of the molecule is CCC(CC)C(=O)N1CCCN(C2CNC2)CC1. The molecule has 2 saturated heterocycles. The van der Waals surface area contributed by atoms with Gasteiger partial charge < -0.3 is 10.2 Å². The highest BCUT2D eigenvalue weighted by Crippen LogP contribution is 2.15. The summed E-state index contributed by atoms with van der Waals surface area (Å²) in [5.41, 5.74) is 0. The van der Waals surface area contributed by atoms with Crippen LogP contribution in [0.25, 0.3) is 0 Å². The lowest BCUT2D eigenvalue weighted by molar-refractivity contribution is -0.135. The first-order chi connectivity index (χ1) is 8.76. The van der Waals surface area contributed by atoms with Crippen molar-refractivity contribution in [2.45, 2.75) is 39.2 Å². The van der Waals surface area contributed by atoms with Gasteiger partial charge in [0.15, 0.2) is 0 Å². The van der Waals surface area contributed by atoms with E-state index in [0.29, 0.717) is 11.9 Å². The Morgan fingerprint density at radius 3 is 2.44 bits per heavy atom. The predicted molar refractivity (Wildman–Crippen MR) is 73.5 cm³/mol. The van der Waals surface area contributed by atoms with Crippen LogP contribution in [-0.2, 0) is 4.79 Å². The Kier molecular flexibility index (Phi) is 5.01. The van der Waals surface area contributed by atoms with E-state index in [1.807, 2.05) is 0 Å². The summed E-state index contributed by atoms with van der Waals surface area (Å²) in [6, 6.07) is 0.716. The molecule has 2 aliphatic heterocycles. The predicted octanol–water partition coefficient (Wildman–Crippen LogP) is 0.929. The minimum Gasteiger partial charge on any atom is -0.341 e. The number of amides is 1. The molecule has 2 heterocycles. The van der Waals surface area contributed by atoms with Gasteiger partial charge in [-0.1, -0.05) is 13.8 Å². The van der Waals surface area contributed by atoms with Gasteiger partial charge >= 0.3 is 0 Å². The van der Waals surface area contributed by atoms with Gasteiger partial charge in [-0.3, -0.25) is 9.69 Å². The molecule has 0 aliphatic carbocycles. The van der Waals surface area contributed by atoms with Crippen molar-refractivity contribution in [1.29, 1.82) is 0 Å². The molecule has 0 unspecified atom stereocenters. The smallest absolute Gasteiger partial charge is 0.225 e. The molecule has 2 fully saturated rings. The Morgan fingerprint density at radius 2 is 1.89 bits per heavy atom. The van der Waals surface area contributed by atoms with Crippen LogP contribution in [0.3, 0.4) is 0 Å². The van der Waals surface area contributed by atoms with Crippen LogP contribution in [0.1, 0.15) is 33.1 Å². The van der Waals surface area contributed by atoms with E-state index in [0.717, 1.165) is 58.5 Å². The van der Waals surface area contributed by atoms with Crippen LogP contribution in [0.4, 0.5) is 0 Å². The van der Waals surface area contributed by atoms with Crippen molar-refractivity contribution in [3.05, 3.63) is 0 Å². The summed E-state index contributed by atoms with van der Waals surface area (Å²) in [6.45, 7) is 10.6. The quantitative estimate of drug-likeness (QED) is 0.809. The van der Waals surface area contributed by atoms with Crippen molar-refractivity contribution in [2.75, 3.05) is 39.3 Å². The number of carbonyl (C=O) groups excluding carboxylic acids is 1. The highest BCUT2D eigenvalue weighted by atomic mass is 16.2. The summed E-state index contributed by atoms with van der Waals surface area (Å²) in [6.07, 6.45) is 3.08. The van der Waals surface area contributed by atoms with Crippen molar-refractivity contribution in [2.24, 2.45) is 5.92 Å². The van der Waals surface area contributed by atoms with Crippen LogP contribution < -0.4 is 5.32 Å². The van der Waals surface area contributed by atoms with E-state index >= 15 is 0 Å². The Balaban J connectivity index is 1.85. The van der Waals surface area contributed by atoms with Crippen LogP contribution in [0.15, 0.2) is 0 Å². The van der Waals surface area contributed by atoms with E-state index in [1.54, 1.807) is 0 Å². The van der Waals surface area contributed by atoms with Gasteiger partial charge in [0, 0.05) is 51.2 Å². The Hall–Kier alpha value is -0.610. The van der Waals surface area contributed by atoms with Crippen molar-refractivity contribution in [1.82, 2.24) is 15.1 Å². The van der Waals surface area contributed by atoms with Crippen molar-refractivity contribution in [3.63, 3.8) is 0 Å². The van der Waals surface area contributed by atoms with Crippen molar-refractivity contribution >= 4 is 5.91 Å². The lowest BCUT2D eigenvalue weighted by Gasteiger charge is -2.37. The molecule has 0 spiro atoms. The van der Waals surface area contributed by atoms with E-state index in [4.69, 9.17) is 0 Å². The highest BCUT2D eigenvalue weighted by molar-refractivity contribution is 5.78. The van der Waals surface area contributed by atoms with Gasteiger partial charge in [0.25, 0.3) is 0 Å². The Bertz CT molecular complexity index is 274. The average molecular weight is 253 g/mol. The van der Waals surface area contributed by atoms with Gasteiger partial charge in [-0.25, -0.2) is 0 Å². The summed E-state index contributed by atoms with van der Waals surface area (Å²) in [4.78, 5) is 17.0. The van der Waals surface area contributed by atoms with Crippen LogP contribution in [0.5, 0.6) is 0 Å². The molecule has 0 atom stereocenters. The maximum absolute atomic E-state index is 12.4. The van der Waals surface area contributed by atoms with E-state index in [9.17, 15) is 4.79 Å². The van der Waals surface area contributed by atoms with Crippen molar-refractivity contribution < 1.29 is 4.79 Å². The molecule has 18 heavy (non-hydrogen) atoms. The molecular formula is C14H27N3O. The second kappa shape index (κ2) is 6.53. The fourth-order valence-corrected chi connectivity index (χ4v) is 2.95. The number of carbonyl (C=O) groups is 1. The molecular weight excluding hydrogens is 226 g/mol. The summed E-state index contributed by atoms with van der Waals surface area (Å²) >= 11 is 0. The van der Waals surface area contributed by atoms with Crippen LogP contribution in [0.2, 0.25) is 0 Å². The maximum Gasteiger partial charge on any atom is 0.225 e. The van der Waals surface area contributed by atoms with Gasteiger partial charge in [0.2, 0.25) is 5.91 Å². The van der Waals surface area contributed by atoms with Gasteiger partial charge in [-0.05, 0) is 19.3 Å². The number of hydrogen-bond donors (Lipinski definition) is 1. The molecule has 104 valence electrons. The fraction of sp³-hybridized carbons (Fsp3) is 0.929. The second-order valence-electron chi connectivity index (χ2n) is 5.54. The average Bonchev–Trinajstić information content (AvgIpc) is 2.54. The molecule has 0 aromatic carbocycles. The molecule has 2 rings (SSSR count). The topological polar surface area (TPSA) is 35.6 Å². The summed E-state index contributed by atoms with van der Waals surface area (Å²) in [5, 5.41) is 3.33. The second-order valence-corrected chi connectivity index (χ2v) is 5.54. The molecule has 0 aromatic heterocycles. The van der Waals surface area contributed by atoms with Gasteiger partial charge in [0.1, 0.15) is 0 Å². The molecule has 1 N–H and O–H groups in total. The zero-order valence-corrected chi connectivity index (χ0v) is 11.8.